The molecule has 0 N–H and O–H groups in total. The van der Waals surface area contributed by atoms with Gasteiger partial charge >= 0.3 is 0 Å². The Bertz CT molecular complexity index is 947. The number of thiophene rings is 1. The van der Waals surface area contributed by atoms with Gasteiger partial charge in [0.1, 0.15) is 0 Å². The van der Waals surface area contributed by atoms with Crippen LogP contribution in [0.15, 0.2) is 55.9 Å². The quantitative estimate of drug-likeness (QED) is 0.489. The molecule has 6 nitrogen and oxygen atoms in total. The van der Waals surface area contributed by atoms with Crippen molar-refractivity contribution in [3.05, 3.63) is 53.2 Å². The average molecular weight is 356 g/mol. The molecule has 0 bridgehead atoms. The lowest BCUT2D eigenvalue weighted by Gasteiger charge is -1.95. The molecule has 4 rings (SSSR count). The minimum atomic E-state index is 0.477. The third kappa shape index (κ3) is 3.24. The van der Waals surface area contributed by atoms with Crippen LogP contribution in [0.25, 0.3) is 22.2 Å². The van der Waals surface area contributed by atoms with Gasteiger partial charge in [-0.1, -0.05) is 46.7 Å². The summed E-state index contributed by atoms with van der Waals surface area (Å²) in [4.78, 5) is 5.36. The molecule has 0 spiro atoms. The normalized spacial score (nSPS) is 11.0. The zero-order valence-corrected chi connectivity index (χ0v) is 14.3. The van der Waals surface area contributed by atoms with Crippen molar-refractivity contribution in [2.24, 2.45) is 0 Å². The Labute approximate surface area is 145 Å². The Hall–Kier alpha value is -2.45. The van der Waals surface area contributed by atoms with Gasteiger partial charge in [-0.3, -0.25) is 0 Å². The summed E-state index contributed by atoms with van der Waals surface area (Å²) in [5.74, 6) is 2.11. The van der Waals surface area contributed by atoms with E-state index in [2.05, 4.69) is 20.3 Å². The molecule has 0 aliphatic rings. The number of benzene rings is 1. The predicted octanol–water partition coefficient (Wildman–Crippen LogP) is 4.45. The van der Waals surface area contributed by atoms with Gasteiger partial charge in [0.2, 0.25) is 11.7 Å². The molecule has 120 valence electrons. The van der Waals surface area contributed by atoms with Crippen LogP contribution >= 0.6 is 23.1 Å². The van der Waals surface area contributed by atoms with Gasteiger partial charge in [0, 0.05) is 5.56 Å². The summed E-state index contributed by atoms with van der Waals surface area (Å²) in [6.45, 7) is 2.03. The fourth-order valence-electron chi connectivity index (χ4n) is 2.11. The Morgan fingerprint density at radius 2 is 2.12 bits per heavy atom. The maximum Gasteiger partial charge on any atom is 0.277 e. The molecule has 0 saturated carbocycles. The third-order valence-electron chi connectivity index (χ3n) is 3.20. The van der Waals surface area contributed by atoms with Crippen LogP contribution in [0.4, 0.5) is 0 Å². The van der Waals surface area contributed by atoms with E-state index in [0.717, 1.165) is 16.0 Å². The first-order chi connectivity index (χ1) is 11.8. The molecule has 0 fully saturated rings. The van der Waals surface area contributed by atoms with Crippen molar-refractivity contribution in [3.63, 3.8) is 0 Å². The lowest BCUT2D eigenvalue weighted by molar-refractivity contribution is 0.391. The van der Waals surface area contributed by atoms with E-state index in [1.54, 1.807) is 11.3 Å². The number of hydrogen-bond acceptors (Lipinski definition) is 8. The second kappa shape index (κ2) is 6.58. The highest BCUT2D eigenvalue weighted by Gasteiger charge is 2.13. The summed E-state index contributed by atoms with van der Waals surface area (Å²) in [7, 11) is 0. The molecule has 4 aromatic rings. The average Bonchev–Trinajstić information content (AvgIpc) is 3.33. The standard InChI is InChI=1S/C16H12N4O2S2/c1-10-4-2-5-11(8-10)14-17-13(22-20-14)9-24-16-19-18-15(21-16)12-6-3-7-23-12/h2-8H,9H2,1H3. The molecular weight excluding hydrogens is 344 g/mol. The van der Waals surface area contributed by atoms with E-state index in [1.165, 1.54) is 11.8 Å². The highest BCUT2D eigenvalue weighted by molar-refractivity contribution is 7.98. The molecule has 3 heterocycles. The van der Waals surface area contributed by atoms with Gasteiger partial charge < -0.3 is 8.94 Å². The van der Waals surface area contributed by atoms with Gasteiger partial charge in [0.15, 0.2) is 0 Å². The molecule has 0 saturated heterocycles. The van der Waals surface area contributed by atoms with Gasteiger partial charge in [0.05, 0.1) is 10.6 Å². The lowest BCUT2D eigenvalue weighted by Crippen LogP contribution is -1.84. The number of nitrogens with zero attached hydrogens (tertiary/aromatic N) is 4. The number of hydrogen-bond donors (Lipinski definition) is 0. The van der Waals surface area contributed by atoms with Crippen molar-refractivity contribution in [2.75, 3.05) is 0 Å². The molecule has 0 aliphatic heterocycles. The van der Waals surface area contributed by atoms with Crippen LogP contribution in [0, 0.1) is 6.92 Å². The molecule has 24 heavy (non-hydrogen) atoms. The van der Waals surface area contributed by atoms with E-state index in [9.17, 15) is 0 Å². The first kappa shape index (κ1) is 15.1. The summed E-state index contributed by atoms with van der Waals surface area (Å²) >= 11 is 2.93. The summed E-state index contributed by atoms with van der Waals surface area (Å²) < 4.78 is 10.9. The molecular formula is C16H12N4O2S2. The van der Waals surface area contributed by atoms with Crippen molar-refractivity contribution in [3.8, 4) is 22.2 Å². The van der Waals surface area contributed by atoms with Crippen molar-refractivity contribution >= 4 is 23.1 Å². The van der Waals surface area contributed by atoms with Crippen molar-refractivity contribution in [2.45, 2.75) is 17.9 Å². The molecule has 8 heteroatoms. The summed E-state index contributed by atoms with van der Waals surface area (Å²) in [6, 6.07) is 11.9. The van der Waals surface area contributed by atoms with Gasteiger partial charge in [-0.05, 0) is 24.4 Å². The maximum absolute atomic E-state index is 5.62. The Kier molecular flexibility index (Phi) is 4.14. The third-order valence-corrected chi connectivity index (χ3v) is 4.86. The van der Waals surface area contributed by atoms with Gasteiger partial charge in [-0.2, -0.15) is 4.98 Å². The Morgan fingerprint density at radius 3 is 2.96 bits per heavy atom. The van der Waals surface area contributed by atoms with Crippen LogP contribution in [-0.2, 0) is 5.75 Å². The topological polar surface area (TPSA) is 77.8 Å². The highest BCUT2D eigenvalue weighted by Crippen LogP contribution is 2.28. The van der Waals surface area contributed by atoms with E-state index >= 15 is 0 Å². The molecule has 1 aromatic carbocycles. The predicted molar refractivity (Wildman–Crippen MR) is 91.6 cm³/mol. The van der Waals surface area contributed by atoms with Gasteiger partial charge in [-0.15, -0.1) is 21.5 Å². The SMILES string of the molecule is Cc1cccc(-c2noc(CSc3nnc(-c4cccs4)o3)n2)c1. The molecule has 0 atom stereocenters. The van der Waals surface area contributed by atoms with Gasteiger partial charge in [0.25, 0.3) is 11.1 Å². The summed E-state index contributed by atoms with van der Waals surface area (Å²) in [5, 5.41) is 14.5. The maximum atomic E-state index is 5.62. The Morgan fingerprint density at radius 1 is 1.17 bits per heavy atom. The minimum absolute atomic E-state index is 0.477. The monoisotopic (exact) mass is 356 g/mol. The number of rotatable bonds is 5. The van der Waals surface area contributed by atoms with Crippen molar-refractivity contribution < 1.29 is 8.94 Å². The second-order valence-electron chi connectivity index (χ2n) is 5.02. The van der Waals surface area contributed by atoms with Gasteiger partial charge in [-0.25, -0.2) is 0 Å². The zero-order valence-electron chi connectivity index (χ0n) is 12.7. The molecule has 0 aliphatic carbocycles. The first-order valence-electron chi connectivity index (χ1n) is 7.18. The number of aryl methyl sites for hydroxylation is 1. The fourth-order valence-corrected chi connectivity index (χ4v) is 3.35. The summed E-state index contributed by atoms with van der Waals surface area (Å²) in [6.07, 6.45) is 0. The van der Waals surface area contributed by atoms with Crippen molar-refractivity contribution in [1.82, 2.24) is 20.3 Å². The van der Waals surface area contributed by atoms with Crippen LogP contribution < -0.4 is 0 Å². The Balaban J connectivity index is 1.43. The zero-order chi connectivity index (χ0) is 16.4. The van der Waals surface area contributed by atoms with Crippen LogP contribution in [-0.4, -0.2) is 20.3 Å². The summed E-state index contributed by atoms with van der Waals surface area (Å²) in [5.41, 5.74) is 2.09. The minimum Gasteiger partial charge on any atom is -0.410 e. The van der Waals surface area contributed by atoms with E-state index in [4.69, 9.17) is 8.94 Å². The van der Waals surface area contributed by atoms with Crippen LogP contribution in [0.1, 0.15) is 11.5 Å². The fraction of sp³-hybridized carbons (Fsp3) is 0.125. The van der Waals surface area contributed by atoms with E-state index in [0.29, 0.717) is 28.6 Å². The van der Waals surface area contributed by atoms with E-state index in [1.807, 2.05) is 48.7 Å². The molecule has 0 radical (unpaired) electrons. The molecule has 0 amide bonds. The van der Waals surface area contributed by atoms with E-state index < -0.39 is 0 Å². The second-order valence-corrected chi connectivity index (χ2v) is 6.89. The molecule has 0 unspecified atom stereocenters. The number of thioether (sulfide) groups is 1. The molecule has 3 aromatic heterocycles. The van der Waals surface area contributed by atoms with Crippen LogP contribution in [0.5, 0.6) is 0 Å². The van der Waals surface area contributed by atoms with E-state index in [-0.39, 0.29) is 0 Å². The van der Waals surface area contributed by atoms with Crippen LogP contribution in [0.3, 0.4) is 0 Å². The van der Waals surface area contributed by atoms with Crippen LogP contribution in [0.2, 0.25) is 0 Å². The number of aromatic nitrogens is 4. The lowest BCUT2D eigenvalue weighted by atomic mass is 10.1. The smallest absolute Gasteiger partial charge is 0.277 e. The largest absolute Gasteiger partial charge is 0.410 e. The highest BCUT2D eigenvalue weighted by atomic mass is 32.2. The van der Waals surface area contributed by atoms with Crippen molar-refractivity contribution in [1.29, 1.82) is 0 Å². The first-order valence-corrected chi connectivity index (χ1v) is 9.04.